The molecule has 0 saturated heterocycles. The summed E-state index contributed by atoms with van der Waals surface area (Å²) < 4.78 is 0. The SMILES string of the molecule is CCCCCCCCC/C=C\C=C\[C@@H](O)CCCC(=O)[O-]. The maximum Gasteiger partial charge on any atom is 0.0724 e. The molecule has 0 aromatic rings. The van der Waals surface area contributed by atoms with E-state index in [1.54, 1.807) is 6.08 Å². The van der Waals surface area contributed by atoms with Crippen LogP contribution in [-0.2, 0) is 4.79 Å². The first-order valence-electron chi connectivity index (χ1n) is 8.38. The van der Waals surface area contributed by atoms with Crippen molar-refractivity contribution < 1.29 is 15.0 Å². The Bertz CT molecular complexity index is 295. The lowest BCUT2D eigenvalue weighted by Gasteiger charge is -2.05. The van der Waals surface area contributed by atoms with Gasteiger partial charge in [0.15, 0.2) is 0 Å². The summed E-state index contributed by atoms with van der Waals surface area (Å²) in [5.41, 5.74) is 0. The molecule has 21 heavy (non-hydrogen) atoms. The van der Waals surface area contributed by atoms with Crippen molar-refractivity contribution in [2.45, 2.75) is 83.7 Å². The Balaban J connectivity index is 3.40. The molecule has 3 nitrogen and oxygen atoms in total. The van der Waals surface area contributed by atoms with Crippen molar-refractivity contribution >= 4 is 5.97 Å². The second-order valence-corrected chi connectivity index (χ2v) is 5.55. The van der Waals surface area contributed by atoms with Crippen LogP contribution in [0.2, 0.25) is 0 Å². The molecule has 1 atom stereocenters. The molecular weight excluding hydrogens is 264 g/mol. The molecule has 0 aliphatic rings. The Labute approximate surface area is 129 Å². The molecule has 0 radical (unpaired) electrons. The summed E-state index contributed by atoms with van der Waals surface area (Å²) in [4.78, 5) is 10.2. The molecule has 0 aromatic heterocycles. The maximum absolute atomic E-state index is 10.2. The van der Waals surface area contributed by atoms with Crippen molar-refractivity contribution in [3.63, 3.8) is 0 Å². The van der Waals surface area contributed by atoms with E-state index in [9.17, 15) is 15.0 Å². The number of allylic oxidation sites excluding steroid dienone is 3. The van der Waals surface area contributed by atoms with Crippen LogP contribution in [0.1, 0.15) is 77.6 Å². The zero-order valence-electron chi connectivity index (χ0n) is 13.4. The van der Waals surface area contributed by atoms with Gasteiger partial charge >= 0.3 is 0 Å². The largest absolute Gasteiger partial charge is 0.550 e. The van der Waals surface area contributed by atoms with Crippen LogP contribution in [0.15, 0.2) is 24.3 Å². The summed E-state index contributed by atoms with van der Waals surface area (Å²) in [5.74, 6) is -1.05. The highest BCUT2D eigenvalue weighted by atomic mass is 16.4. The number of hydrogen-bond acceptors (Lipinski definition) is 3. The second kappa shape index (κ2) is 15.3. The fourth-order valence-electron chi connectivity index (χ4n) is 2.14. The summed E-state index contributed by atoms with van der Waals surface area (Å²) in [6.07, 6.45) is 18.3. The van der Waals surface area contributed by atoms with Crippen LogP contribution in [0.25, 0.3) is 0 Å². The number of aliphatic carboxylic acids is 1. The lowest BCUT2D eigenvalue weighted by Crippen LogP contribution is -2.22. The highest BCUT2D eigenvalue weighted by Gasteiger charge is 1.97. The number of aliphatic hydroxyl groups is 1. The Kier molecular flexibility index (Phi) is 14.5. The first kappa shape index (κ1) is 19.9. The van der Waals surface area contributed by atoms with E-state index in [4.69, 9.17) is 0 Å². The lowest BCUT2D eigenvalue weighted by atomic mass is 10.1. The van der Waals surface area contributed by atoms with Crippen LogP contribution in [0, 0.1) is 0 Å². The van der Waals surface area contributed by atoms with E-state index in [1.807, 2.05) is 12.2 Å². The minimum Gasteiger partial charge on any atom is -0.550 e. The van der Waals surface area contributed by atoms with Crippen LogP contribution in [0.3, 0.4) is 0 Å². The van der Waals surface area contributed by atoms with E-state index in [-0.39, 0.29) is 6.42 Å². The molecule has 1 N–H and O–H groups in total. The molecule has 0 unspecified atom stereocenters. The normalized spacial score (nSPS) is 13.2. The fourth-order valence-corrected chi connectivity index (χ4v) is 2.14. The molecule has 122 valence electrons. The molecule has 0 rings (SSSR count). The molecule has 3 heteroatoms. The Morgan fingerprint density at radius 2 is 1.71 bits per heavy atom. The van der Waals surface area contributed by atoms with Crippen molar-refractivity contribution in [1.29, 1.82) is 0 Å². The summed E-state index contributed by atoms with van der Waals surface area (Å²) in [6, 6.07) is 0. The number of aliphatic hydroxyl groups excluding tert-OH is 1. The summed E-state index contributed by atoms with van der Waals surface area (Å²) >= 11 is 0. The standard InChI is InChI=1S/C18H32O3/c1-2-3-4-5-6-7-8-9-10-11-12-14-17(19)15-13-16-18(20)21/h10-12,14,17,19H,2-9,13,15-16H2,1H3,(H,20,21)/p-1/b11-10-,14-12+/t17-/m1/s1. The minimum atomic E-state index is -1.05. The molecular formula is C18H31O3-. The fraction of sp³-hybridized carbons (Fsp3) is 0.722. The van der Waals surface area contributed by atoms with Crippen molar-refractivity contribution in [3.8, 4) is 0 Å². The molecule has 0 saturated carbocycles. The van der Waals surface area contributed by atoms with E-state index in [1.165, 1.54) is 44.9 Å². The molecule has 0 aliphatic carbocycles. The molecule has 0 bridgehead atoms. The number of carbonyl (C=O) groups is 1. The number of unbranched alkanes of at least 4 members (excludes halogenated alkanes) is 7. The predicted octanol–water partition coefficient (Wildman–Crippen LogP) is 3.52. The zero-order chi connectivity index (χ0) is 15.8. The van der Waals surface area contributed by atoms with Gasteiger partial charge in [-0.05, 0) is 32.1 Å². The average Bonchev–Trinajstić information content (AvgIpc) is 2.44. The molecule has 0 amide bonds. The van der Waals surface area contributed by atoms with Crippen LogP contribution < -0.4 is 5.11 Å². The lowest BCUT2D eigenvalue weighted by molar-refractivity contribution is -0.305. The van der Waals surface area contributed by atoms with Crippen LogP contribution in [0.5, 0.6) is 0 Å². The highest BCUT2D eigenvalue weighted by molar-refractivity contribution is 5.64. The van der Waals surface area contributed by atoms with Gasteiger partial charge in [-0.2, -0.15) is 0 Å². The van der Waals surface area contributed by atoms with Gasteiger partial charge in [0.1, 0.15) is 0 Å². The summed E-state index contributed by atoms with van der Waals surface area (Å²) in [6.45, 7) is 2.23. The van der Waals surface area contributed by atoms with Gasteiger partial charge in [-0.3, -0.25) is 0 Å². The number of carboxylic acids is 1. The topological polar surface area (TPSA) is 60.4 Å². The predicted molar refractivity (Wildman–Crippen MR) is 85.8 cm³/mol. The van der Waals surface area contributed by atoms with Gasteiger partial charge in [0.2, 0.25) is 0 Å². The van der Waals surface area contributed by atoms with Gasteiger partial charge < -0.3 is 15.0 Å². The van der Waals surface area contributed by atoms with Crippen molar-refractivity contribution in [3.05, 3.63) is 24.3 Å². The molecule has 0 aliphatic heterocycles. The number of rotatable bonds is 14. The molecule has 0 fully saturated rings. The smallest absolute Gasteiger partial charge is 0.0724 e. The first-order valence-corrected chi connectivity index (χ1v) is 8.38. The molecule has 0 spiro atoms. The Morgan fingerprint density at radius 3 is 2.38 bits per heavy atom. The molecule has 0 aromatic carbocycles. The minimum absolute atomic E-state index is 0.0129. The summed E-state index contributed by atoms with van der Waals surface area (Å²) in [7, 11) is 0. The molecule has 0 heterocycles. The second-order valence-electron chi connectivity index (χ2n) is 5.55. The Morgan fingerprint density at radius 1 is 1.05 bits per heavy atom. The van der Waals surface area contributed by atoms with Crippen molar-refractivity contribution in [1.82, 2.24) is 0 Å². The van der Waals surface area contributed by atoms with E-state index in [2.05, 4.69) is 13.0 Å². The van der Waals surface area contributed by atoms with Crippen LogP contribution in [0.4, 0.5) is 0 Å². The highest BCUT2D eigenvalue weighted by Crippen LogP contribution is 2.08. The number of carbonyl (C=O) groups excluding carboxylic acids is 1. The Hall–Kier alpha value is -1.09. The third-order valence-corrected chi connectivity index (χ3v) is 3.44. The van der Waals surface area contributed by atoms with Gasteiger partial charge in [0.05, 0.1) is 6.10 Å². The maximum atomic E-state index is 10.2. The van der Waals surface area contributed by atoms with E-state index >= 15 is 0 Å². The first-order chi connectivity index (χ1) is 10.2. The van der Waals surface area contributed by atoms with Gasteiger partial charge in [0.25, 0.3) is 0 Å². The van der Waals surface area contributed by atoms with Gasteiger partial charge in [-0.25, -0.2) is 0 Å². The van der Waals surface area contributed by atoms with Crippen LogP contribution >= 0.6 is 0 Å². The van der Waals surface area contributed by atoms with Gasteiger partial charge in [0, 0.05) is 5.97 Å². The van der Waals surface area contributed by atoms with Gasteiger partial charge in [-0.15, -0.1) is 0 Å². The van der Waals surface area contributed by atoms with E-state index in [0.29, 0.717) is 12.8 Å². The van der Waals surface area contributed by atoms with Crippen LogP contribution in [-0.4, -0.2) is 17.2 Å². The van der Waals surface area contributed by atoms with Crippen molar-refractivity contribution in [2.75, 3.05) is 0 Å². The van der Waals surface area contributed by atoms with E-state index < -0.39 is 12.1 Å². The third-order valence-electron chi connectivity index (χ3n) is 3.44. The van der Waals surface area contributed by atoms with Crippen molar-refractivity contribution in [2.24, 2.45) is 0 Å². The third kappa shape index (κ3) is 16.9. The average molecular weight is 295 g/mol. The number of hydrogen-bond donors (Lipinski definition) is 1. The van der Waals surface area contributed by atoms with E-state index in [0.717, 1.165) is 6.42 Å². The zero-order valence-corrected chi connectivity index (χ0v) is 13.4. The summed E-state index contributed by atoms with van der Waals surface area (Å²) in [5, 5.41) is 19.8. The monoisotopic (exact) mass is 295 g/mol. The van der Waals surface area contributed by atoms with Gasteiger partial charge in [-0.1, -0.05) is 69.8 Å². The number of carboxylic acid groups (broad SMARTS) is 1. The quantitative estimate of drug-likeness (QED) is 0.394.